The largest absolute Gasteiger partial charge is 0.456 e. The third-order valence-electron chi connectivity index (χ3n) is 9.85. The molecule has 0 N–H and O–H groups in total. The Morgan fingerprint density at radius 2 is 0.822 bits per heavy atom. The molecule has 0 aliphatic carbocycles. The number of rotatable bonds is 2. The molecule has 11 rings (SSSR count). The van der Waals surface area contributed by atoms with Gasteiger partial charge in [0.05, 0.1) is 22.1 Å². The highest BCUT2D eigenvalue weighted by Gasteiger charge is 2.24. The first-order chi connectivity index (χ1) is 22.3. The molecule has 3 aromatic heterocycles. The van der Waals surface area contributed by atoms with E-state index in [1.165, 1.54) is 70.8 Å². The van der Waals surface area contributed by atoms with E-state index in [4.69, 9.17) is 4.42 Å². The standard InChI is InChI=1S/C42H24N2O/c1-2-10-25(11-3-1)43-33-17-8-15-30-27-12-4-5-13-28(27)31-16-9-18-34-40(31)42-36(22-21-35(43)41(42)39(30)33)44(34)26-20-23-38-32(24-26)29-14-6-7-19-37(29)45-38/h1-24H. The van der Waals surface area contributed by atoms with Gasteiger partial charge in [-0.2, -0.15) is 0 Å². The minimum absolute atomic E-state index is 0.909. The van der Waals surface area contributed by atoms with Crippen LogP contribution in [-0.2, 0) is 0 Å². The van der Waals surface area contributed by atoms with Crippen molar-refractivity contribution >= 4 is 87.1 Å². The second-order valence-electron chi connectivity index (χ2n) is 12.1. The summed E-state index contributed by atoms with van der Waals surface area (Å²) >= 11 is 0. The van der Waals surface area contributed by atoms with Gasteiger partial charge >= 0.3 is 0 Å². The van der Waals surface area contributed by atoms with E-state index in [0.29, 0.717) is 0 Å². The van der Waals surface area contributed by atoms with Crippen LogP contribution in [0.25, 0.3) is 98.5 Å². The number of benzene rings is 7. The zero-order chi connectivity index (χ0) is 29.2. The molecular weight excluding hydrogens is 548 g/mol. The van der Waals surface area contributed by atoms with Crippen LogP contribution in [0.4, 0.5) is 0 Å². The molecule has 0 atom stereocenters. The first-order valence-electron chi connectivity index (χ1n) is 15.5. The minimum Gasteiger partial charge on any atom is -0.456 e. The topological polar surface area (TPSA) is 23.0 Å². The third-order valence-corrected chi connectivity index (χ3v) is 9.85. The molecular formula is C42H24N2O. The van der Waals surface area contributed by atoms with Gasteiger partial charge in [0.15, 0.2) is 0 Å². The molecule has 0 bridgehead atoms. The fourth-order valence-electron chi connectivity index (χ4n) is 8.09. The summed E-state index contributed by atoms with van der Waals surface area (Å²) in [5.74, 6) is 0. The van der Waals surface area contributed by atoms with E-state index in [1.807, 2.05) is 12.1 Å². The van der Waals surface area contributed by atoms with Gasteiger partial charge in [-0.25, -0.2) is 0 Å². The first-order valence-corrected chi connectivity index (χ1v) is 15.5. The third kappa shape index (κ3) is 2.90. The van der Waals surface area contributed by atoms with Crippen LogP contribution in [-0.4, -0.2) is 9.13 Å². The van der Waals surface area contributed by atoms with E-state index in [9.17, 15) is 0 Å². The van der Waals surface area contributed by atoms with Crippen molar-refractivity contribution in [3.63, 3.8) is 0 Å². The predicted octanol–water partition coefficient (Wildman–Crippen LogP) is 11.5. The minimum atomic E-state index is 0.909. The molecule has 3 heterocycles. The number of para-hydroxylation sites is 2. The Morgan fingerprint density at radius 3 is 1.49 bits per heavy atom. The molecule has 0 saturated carbocycles. The summed E-state index contributed by atoms with van der Waals surface area (Å²) in [5.41, 5.74) is 8.98. The van der Waals surface area contributed by atoms with Gasteiger partial charge in [0.25, 0.3) is 0 Å². The van der Waals surface area contributed by atoms with Crippen molar-refractivity contribution in [1.29, 1.82) is 0 Å². The average Bonchev–Trinajstić information content (AvgIpc) is 3.75. The Balaban J connectivity index is 1.42. The smallest absolute Gasteiger partial charge is 0.135 e. The van der Waals surface area contributed by atoms with Gasteiger partial charge in [0.1, 0.15) is 11.2 Å². The number of nitrogens with zero attached hydrogens (tertiary/aromatic N) is 2. The summed E-state index contributed by atoms with van der Waals surface area (Å²) < 4.78 is 11.1. The maximum absolute atomic E-state index is 6.22. The van der Waals surface area contributed by atoms with E-state index in [2.05, 4.69) is 143 Å². The van der Waals surface area contributed by atoms with Crippen molar-refractivity contribution in [2.45, 2.75) is 0 Å². The van der Waals surface area contributed by atoms with Crippen LogP contribution in [0.15, 0.2) is 150 Å². The summed E-state index contributed by atoms with van der Waals surface area (Å²) in [4.78, 5) is 0. The van der Waals surface area contributed by atoms with Crippen LogP contribution >= 0.6 is 0 Å². The highest BCUT2D eigenvalue weighted by Crippen LogP contribution is 2.47. The van der Waals surface area contributed by atoms with Crippen molar-refractivity contribution in [3.8, 4) is 11.4 Å². The van der Waals surface area contributed by atoms with Gasteiger partial charge in [-0.3, -0.25) is 0 Å². The van der Waals surface area contributed by atoms with E-state index in [1.54, 1.807) is 0 Å². The maximum atomic E-state index is 6.22. The van der Waals surface area contributed by atoms with Gasteiger partial charge < -0.3 is 13.6 Å². The van der Waals surface area contributed by atoms with Crippen LogP contribution in [0, 0.1) is 0 Å². The fourth-order valence-corrected chi connectivity index (χ4v) is 8.09. The van der Waals surface area contributed by atoms with Gasteiger partial charge in [-0.05, 0) is 82.2 Å². The lowest BCUT2D eigenvalue weighted by Crippen LogP contribution is -1.94. The molecule has 0 spiro atoms. The second-order valence-corrected chi connectivity index (χ2v) is 12.1. The van der Waals surface area contributed by atoms with E-state index < -0.39 is 0 Å². The molecule has 0 aliphatic heterocycles. The SMILES string of the molecule is c1ccc(-n2c3cccc4c5ccccc5c5cccc6c5c5c(c43)c2ccc5n6-c2ccc3oc4ccccc4c3c2)cc1. The van der Waals surface area contributed by atoms with Crippen molar-refractivity contribution in [1.82, 2.24) is 9.13 Å². The number of hydrogen-bond donors (Lipinski definition) is 0. The lowest BCUT2D eigenvalue weighted by molar-refractivity contribution is 0.669. The van der Waals surface area contributed by atoms with E-state index in [-0.39, 0.29) is 0 Å². The molecule has 8 aromatic carbocycles. The molecule has 11 aromatic rings. The number of furan rings is 1. The lowest BCUT2D eigenvalue weighted by atomic mass is 9.95. The van der Waals surface area contributed by atoms with E-state index in [0.717, 1.165) is 27.6 Å². The summed E-state index contributed by atoms with van der Waals surface area (Å²) in [5, 5.41) is 12.6. The number of fused-ring (bicyclic) bond motifs is 6. The van der Waals surface area contributed by atoms with Crippen molar-refractivity contribution < 1.29 is 4.42 Å². The molecule has 0 saturated heterocycles. The van der Waals surface area contributed by atoms with E-state index >= 15 is 0 Å². The predicted molar refractivity (Wildman–Crippen MR) is 189 cm³/mol. The van der Waals surface area contributed by atoms with Crippen LogP contribution < -0.4 is 0 Å². The van der Waals surface area contributed by atoms with Crippen LogP contribution in [0.1, 0.15) is 0 Å². The molecule has 208 valence electrons. The Morgan fingerprint density at radius 1 is 0.311 bits per heavy atom. The van der Waals surface area contributed by atoms with Crippen molar-refractivity contribution in [3.05, 3.63) is 146 Å². The normalized spacial score (nSPS) is 12.4. The van der Waals surface area contributed by atoms with Crippen LogP contribution in [0.3, 0.4) is 0 Å². The maximum Gasteiger partial charge on any atom is 0.135 e. The average molecular weight is 573 g/mol. The molecule has 0 radical (unpaired) electrons. The summed E-state index contributed by atoms with van der Waals surface area (Å²) in [6.45, 7) is 0. The highest BCUT2D eigenvalue weighted by atomic mass is 16.3. The van der Waals surface area contributed by atoms with Crippen molar-refractivity contribution in [2.75, 3.05) is 0 Å². The van der Waals surface area contributed by atoms with Crippen LogP contribution in [0.5, 0.6) is 0 Å². The zero-order valence-corrected chi connectivity index (χ0v) is 24.2. The molecule has 0 aliphatic rings. The Hall–Kier alpha value is -6.06. The van der Waals surface area contributed by atoms with Crippen molar-refractivity contribution in [2.24, 2.45) is 0 Å². The zero-order valence-electron chi connectivity index (χ0n) is 24.2. The summed E-state index contributed by atoms with van der Waals surface area (Å²) in [6.07, 6.45) is 0. The summed E-state index contributed by atoms with van der Waals surface area (Å²) in [7, 11) is 0. The quantitative estimate of drug-likeness (QED) is 0.202. The fraction of sp³-hybridized carbons (Fsp3) is 0. The second kappa shape index (κ2) is 8.31. The first kappa shape index (κ1) is 23.4. The molecule has 3 nitrogen and oxygen atoms in total. The molecule has 3 heteroatoms. The van der Waals surface area contributed by atoms with Gasteiger partial charge in [0, 0.05) is 43.7 Å². The number of aromatic nitrogens is 2. The number of hydrogen-bond acceptors (Lipinski definition) is 1. The lowest BCUT2D eigenvalue weighted by Gasteiger charge is -2.09. The molecule has 0 fully saturated rings. The Bertz CT molecular complexity index is 2970. The van der Waals surface area contributed by atoms with Gasteiger partial charge in [0.2, 0.25) is 0 Å². The monoisotopic (exact) mass is 572 g/mol. The molecule has 0 unspecified atom stereocenters. The Labute approximate surface area is 257 Å². The summed E-state index contributed by atoms with van der Waals surface area (Å²) in [6, 6.07) is 52.8. The highest BCUT2D eigenvalue weighted by molar-refractivity contribution is 6.39. The molecule has 0 amide bonds. The van der Waals surface area contributed by atoms with Gasteiger partial charge in [-0.15, -0.1) is 0 Å². The Kier molecular flexibility index (Phi) is 4.32. The van der Waals surface area contributed by atoms with Crippen LogP contribution in [0.2, 0.25) is 0 Å². The van der Waals surface area contributed by atoms with Gasteiger partial charge in [-0.1, -0.05) is 84.9 Å². The molecule has 45 heavy (non-hydrogen) atoms.